The Morgan fingerprint density at radius 2 is 2.00 bits per heavy atom. The Balaban J connectivity index is 2.56. The number of hydrogen-bond acceptors (Lipinski definition) is 3. The monoisotopic (exact) mass is 281 g/mol. The number of hydrogen-bond donors (Lipinski definition) is 2. The predicted molar refractivity (Wildman–Crippen MR) is 75.6 cm³/mol. The normalized spacial score (nSPS) is 10.6. The molecule has 0 fully saturated rings. The quantitative estimate of drug-likeness (QED) is 0.755. The van der Waals surface area contributed by atoms with E-state index in [9.17, 15) is 14.0 Å². The summed E-state index contributed by atoms with van der Waals surface area (Å²) in [6.45, 7) is 2.65. The Kier molecular flexibility index (Phi) is 6.66. The van der Waals surface area contributed by atoms with Gasteiger partial charge in [-0.15, -0.1) is 0 Å². The summed E-state index contributed by atoms with van der Waals surface area (Å²) in [6.07, 6.45) is 1.81. The summed E-state index contributed by atoms with van der Waals surface area (Å²) in [7, 11) is 0. The second kappa shape index (κ2) is 8.27. The van der Waals surface area contributed by atoms with E-state index in [0.29, 0.717) is 6.54 Å². The number of nitrogens with one attached hydrogen (secondary N) is 1. The Hall–Kier alpha value is -1.95. The van der Waals surface area contributed by atoms with Crippen LogP contribution in [0.15, 0.2) is 24.3 Å². The summed E-state index contributed by atoms with van der Waals surface area (Å²) < 4.78 is 13.4. The zero-order valence-electron chi connectivity index (χ0n) is 11.6. The molecule has 0 aliphatic carbocycles. The lowest BCUT2D eigenvalue weighted by Crippen LogP contribution is -2.39. The van der Waals surface area contributed by atoms with Gasteiger partial charge in [-0.3, -0.25) is 14.5 Å². The number of carbonyl (C=O) groups is 2. The van der Waals surface area contributed by atoms with Gasteiger partial charge in [0.1, 0.15) is 5.82 Å². The summed E-state index contributed by atoms with van der Waals surface area (Å²) in [5, 5.41) is 2.48. The van der Waals surface area contributed by atoms with Crippen LogP contribution in [0.4, 0.5) is 10.1 Å². The molecule has 3 N–H and O–H groups in total. The van der Waals surface area contributed by atoms with Gasteiger partial charge in [-0.05, 0) is 25.1 Å². The topological polar surface area (TPSA) is 75.4 Å². The number of halogens is 1. The van der Waals surface area contributed by atoms with Crippen molar-refractivity contribution < 1.29 is 14.0 Å². The number of primary amides is 1. The van der Waals surface area contributed by atoms with E-state index >= 15 is 0 Å². The fourth-order valence-electron chi connectivity index (χ4n) is 1.77. The molecule has 110 valence electrons. The molecule has 0 heterocycles. The molecule has 1 aromatic carbocycles. The molecule has 0 radical (unpaired) electrons. The molecule has 0 aromatic heterocycles. The Bertz CT molecular complexity index is 465. The maximum atomic E-state index is 13.4. The minimum atomic E-state index is -0.490. The van der Waals surface area contributed by atoms with Crippen LogP contribution in [0.25, 0.3) is 0 Å². The highest BCUT2D eigenvalue weighted by Gasteiger charge is 2.13. The second-order valence-electron chi connectivity index (χ2n) is 4.56. The van der Waals surface area contributed by atoms with Gasteiger partial charge in [0.05, 0.1) is 18.8 Å². The van der Waals surface area contributed by atoms with E-state index in [1.807, 2.05) is 6.92 Å². The molecule has 5 nitrogen and oxygen atoms in total. The highest BCUT2D eigenvalue weighted by Crippen LogP contribution is 2.12. The number of para-hydroxylation sites is 1. The van der Waals surface area contributed by atoms with E-state index in [-0.39, 0.29) is 24.7 Å². The third kappa shape index (κ3) is 5.79. The first-order valence-corrected chi connectivity index (χ1v) is 6.58. The van der Waals surface area contributed by atoms with Crippen LogP contribution in [-0.4, -0.2) is 36.3 Å². The van der Waals surface area contributed by atoms with Gasteiger partial charge in [0, 0.05) is 0 Å². The van der Waals surface area contributed by atoms with Crippen molar-refractivity contribution in [2.24, 2.45) is 5.73 Å². The summed E-state index contributed by atoms with van der Waals surface area (Å²) in [4.78, 5) is 24.5. The van der Waals surface area contributed by atoms with Crippen molar-refractivity contribution >= 4 is 17.5 Å². The van der Waals surface area contributed by atoms with Crippen LogP contribution in [-0.2, 0) is 9.59 Å². The summed E-state index contributed by atoms with van der Waals surface area (Å²) in [6, 6.07) is 5.94. The molecular formula is C14H20FN3O2. The fourth-order valence-corrected chi connectivity index (χ4v) is 1.77. The van der Waals surface area contributed by atoms with Crippen molar-refractivity contribution in [1.29, 1.82) is 0 Å². The Morgan fingerprint density at radius 3 is 2.60 bits per heavy atom. The third-order valence-corrected chi connectivity index (χ3v) is 2.72. The van der Waals surface area contributed by atoms with Gasteiger partial charge >= 0.3 is 0 Å². The highest BCUT2D eigenvalue weighted by atomic mass is 19.1. The van der Waals surface area contributed by atoms with Gasteiger partial charge < -0.3 is 11.1 Å². The van der Waals surface area contributed by atoms with Crippen molar-refractivity contribution in [3.8, 4) is 0 Å². The van der Waals surface area contributed by atoms with Crippen LogP contribution in [0, 0.1) is 5.82 Å². The Labute approximate surface area is 117 Å². The standard InChI is InChI=1S/C14H20FN3O2/c1-2-3-8-18(9-13(16)19)10-14(20)17-12-7-5-4-6-11(12)15/h4-7H,2-3,8-10H2,1H3,(H2,16,19)(H,17,20). The molecule has 20 heavy (non-hydrogen) atoms. The second-order valence-corrected chi connectivity index (χ2v) is 4.56. The predicted octanol–water partition coefficient (Wildman–Crippen LogP) is 1.35. The zero-order chi connectivity index (χ0) is 15.0. The smallest absolute Gasteiger partial charge is 0.238 e. The number of rotatable bonds is 8. The van der Waals surface area contributed by atoms with Gasteiger partial charge in [0.15, 0.2) is 0 Å². The molecule has 6 heteroatoms. The largest absolute Gasteiger partial charge is 0.369 e. The first-order valence-electron chi connectivity index (χ1n) is 6.58. The van der Waals surface area contributed by atoms with Gasteiger partial charge in [-0.25, -0.2) is 4.39 Å². The molecule has 0 bridgehead atoms. The fraction of sp³-hybridized carbons (Fsp3) is 0.429. The maximum absolute atomic E-state index is 13.4. The molecule has 0 saturated carbocycles. The average molecular weight is 281 g/mol. The van der Waals surface area contributed by atoms with E-state index in [1.165, 1.54) is 12.1 Å². The molecule has 1 aromatic rings. The van der Waals surface area contributed by atoms with E-state index in [2.05, 4.69) is 5.32 Å². The molecule has 0 aliphatic rings. The number of unbranched alkanes of at least 4 members (excludes halogenated alkanes) is 1. The molecular weight excluding hydrogens is 261 g/mol. The molecule has 0 atom stereocenters. The number of nitrogens with two attached hydrogens (primary N) is 1. The van der Waals surface area contributed by atoms with Crippen molar-refractivity contribution in [3.63, 3.8) is 0 Å². The zero-order valence-corrected chi connectivity index (χ0v) is 11.6. The number of amides is 2. The first-order chi connectivity index (χ1) is 9.52. The average Bonchev–Trinajstić information content (AvgIpc) is 2.38. The molecule has 0 spiro atoms. The number of carbonyl (C=O) groups excluding carboxylic acids is 2. The SMILES string of the molecule is CCCCN(CC(N)=O)CC(=O)Nc1ccccc1F. The van der Waals surface area contributed by atoms with Crippen molar-refractivity contribution in [2.75, 3.05) is 25.0 Å². The first kappa shape index (κ1) is 16.1. The van der Waals surface area contributed by atoms with Gasteiger partial charge in [0.25, 0.3) is 0 Å². The van der Waals surface area contributed by atoms with Gasteiger partial charge in [-0.2, -0.15) is 0 Å². The summed E-state index contributed by atoms with van der Waals surface area (Å²) in [5.41, 5.74) is 5.28. The van der Waals surface area contributed by atoms with Crippen LogP contribution in [0.5, 0.6) is 0 Å². The van der Waals surface area contributed by atoms with Crippen LogP contribution < -0.4 is 11.1 Å². The highest BCUT2D eigenvalue weighted by molar-refractivity contribution is 5.92. The molecule has 2 amide bonds. The van der Waals surface area contributed by atoms with Crippen molar-refractivity contribution in [1.82, 2.24) is 4.90 Å². The van der Waals surface area contributed by atoms with E-state index in [4.69, 9.17) is 5.73 Å². The lowest BCUT2D eigenvalue weighted by molar-refractivity contribution is -0.121. The molecule has 0 saturated heterocycles. The molecule has 0 unspecified atom stereocenters. The van der Waals surface area contributed by atoms with Crippen molar-refractivity contribution in [3.05, 3.63) is 30.1 Å². The van der Waals surface area contributed by atoms with Gasteiger partial charge in [0.2, 0.25) is 11.8 Å². The van der Waals surface area contributed by atoms with Crippen LogP contribution in [0.3, 0.4) is 0 Å². The number of anilines is 1. The van der Waals surface area contributed by atoms with E-state index < -0.39 is 11.7 Å². The Morgan fingerprint density at radius 1 is 1.30 bits per heavy atom. The summed E-state index contributed by atoms with van der Waals surface area (Å²) in [5.74, 6) is -1.34. The lowest BCUT2D eigenvalue weighted by Gasteiger charge is -2.19. The van der Waals surface area contributed by atoms with Crippen LogP contribution in [0.1, 0.15) is 19.8 Å². The third-order valence-electron chi connectivity index (χ3n) is 2.72. The van der Waals surface area contributed by atoms with Gasteiger partial charge in [-0.1, -0.05) is 25.5 Å². The number of nitrogens with zero attached hydrogens (tertiary/aromatic N) is 1. The number of benzene rings is 1. The minimum absolute atomic E-state index is 0.0112. The van der Waals surface area contributed by atoms with Crippen molar-refractivity contribution in [2.45, 2.75) is 19.8 Å². The van der Waals surface area contributed by atoms with E-state index in [1.54, 1.807) is 17.0 Å². The van der Waals surface area contributed by atoms with E-state index in [0.717, 1.165) is 12.8 Å². The van der Waals surface area contributed by atoms with Crippen LogP contribution in [0.2, 0.25) is 0 Å². The minimum Gasteiger partial charge on any atom is -0.369 e. The lowest BCUT2D eigenvalue weighted by atomic mass is 10.3. The summed E-state index contributed by atoms with van der Waals surface area (Å²) >= 11 is 0. The maximum Gasteiger partial charge on any atom is 0.238 e. The van der Waals surface area contributed by atoms with Crippen LogP contribution >= 0.6 is 0 Å². The molecule has 0 aliphatic heterocycles. The molecule has 1 rings (SSSR count).